The monoisotopic (exact) mass is 418 g/mol. The molecule has 1 fully saturated rings. The van der Waals surface area contributed by atoms with Gasteiger partial charge in [-0.25, -0.2) is 4.39 Å². The standard InChI is InChI=1S/C21H27FN4O2S/c1-4-25(12-15(2)3)19(27)14-29-21-24-23-20(16-7-9-17(22)10-8-16)26(21)13-18-6-5-11-28-18/h7-10,18H,2,4-6,11-14H2,1,3H3. The van der Waals surface area contributed by atoms with Crippen LogP contribution in [-0.2, 0) is 16.1 Å². The maximum atomic E-state index is 13.3. The van der Waals surface area contributed by atoms with E-state index in [-0.39, 0.29) is 23.6 Å². The molecule has 0 spiro atoms. The van der Waals surface area contributed by atoms with Crippen LogP contribution in [0.15, 0.2) is 41.6 Å². The molecule has 0 radical (unpaired) electrons. The van der Waals surface area contributed by atoms with Crippen molar-refractivity contribution in [2.24, 2.45) is 0 Å². The number of halogens is 1. The van der Waals surface area contributed by atoms with Crippen LogP contribution < -0.4 is 0 Å². The largest absolute Gasteiger partial charge is 0.376 e. The van der Waals surface area contributed by atoms with E-state index in [2.05, 4.69) is 16.8 Å². The molecule has 0 aliphatic carbocycles. The van der Waals surface area contributed by atoms with E-state index in [0.717, 1.165) is 30.6 Å². The molecule has 8 heteroatoms. The average molecular weight is 419 g/mol. The Hall–Kier alpha value is -2.19. The van der Waals surface area contributed by atoms with Gasteiger partial charge >= 0.3 is 0 Å². The number of ether oxygens (including phenoxy) is 1. The molecule has 2 heterocycles. The van der Waals surface area contributed by atoms with Crippen LogP contribution in [0, 0.1) is 5.82 Å². The Morgan fingerprint density at radius 2 is 2.14 bits per heavy atom. The molecule has 6 nitrogen and oxygen atoms in total. The van der Waals surface area contributed by atoms with Gasteiger partial charge in [-0.15, -0.1) is 10.2 Å². The van der Waals surface area contributed by atoms with E-state index in [1.807, 2.05) is 18.4 Å². The summed E-state index contributed by atoms with van der Waals surface area (Å²) in [5.41, 5.74) is 1.73. The molecule has 1 aliphatic rings. The van der Waals surface area contributed by atoms with Crippen LogP contribution in [0.25, 0.3) is 11.4 Å². The fraction of sp³-hybridized carbons (Fsp3) is 0.476. The van der Waals surface area contributed by atoms with Gasteiger partial charge in [-0.05, 0) is 51.0 Å². The second-order valence-corrected chi connectivity index (χ2v) is 8.15. The van der Waals surface area contributed by atoms with Gasteiger partial charge in [0.25, 0.3) is 0 Å². The van der Waals surface area contributed by atoms with Gasteiger partial charge in [-0.2, -0.15) is 0 Å². The van der Waals surface area contributed by atoms with Crippen LogP contribution in [-0.4, -0.2) is 57.1 Å². The Morgan fingerprint density at radius 3 is 2.76 bits per heavy atom. The lowest BCUT2D eigenvalue weighted by molar-refractivity contribution is -0.127. The normalized spacial score (nSPS) is 16.2. The molecule has 0 N–H and O–H groups in total. The van der Waals surface area contributed by atoms with E-state index in [1.165, 1.54) is 23.9 Å². The fourth-order valence-corrected chi connectivity index (χ4v) is 4.13. The van der Waals surface area contributed by atoms with Gasteiger partial charge in [0.2, 0.25) is 5.91 Å². The molecule has 3 rings (SSSR count). The molecule has 0 bridgehead atoms. The van der Waals surface area contributed by atoms with Crippen molar-refractivity contribution in [2.75, 3.05) is 25.4 Å². The van der Waals surface area contributed by atoms with Gasteiger partial charge < -0.3 is 9.64 Å². The molecule has 29 heavy (non-hydrogen) atoms. The summed E-state index contributed by atoms with van der Waals surface area (Å²) < 4.78 is 21.1. The Morgan fingerprint density at radius 1 is 1.38 bits per heavy atom. The Bertz CT molecular complexity index is 847. The Labute approximate surface area is 175 Å². The van der Waals surface area contributed by atoms with Crippen LogP contribution in [0.2, 0.25) is 0 Å². The minimum atomic E-state index is -0.295. The number of carbonyl (C=O) groups excluding carboxylic acids is 1. The third-order valence-corrected chi connectivity index (χ3v) is 5.70. The number of amides is 1. The summed E-state index contributed by atoms with van der Waals surface area (Å²) in [6.07, 6.45) is 2.11. The third kappa shape index (κ3) is 5.67. The van der Waals surface area contributed by atoms with Crippen molar-refractivity contribution in [2.45, 2.75) is 44.5 Å². The number of hydrogen-bond acceptors (Lipinski definition) is 5. The highest BCUT2D eigenvalue weighted by Gasteiger charge is 2.23. The number of benzene rings is 1. The lowest BCUT2D eigenvalue weighted by atomic mass is 10.2. The van der Waals surface area contributed by atoms with Gasteiger partial charge in [0.1, 0.15) is 5.82 Å². The van der Waals surface area contributed by atoms with Gasteiger partial charge in [0.15, 0.2) is 11.0 Å². The van der Waals surface area contributed by atoms with Crippen LogP contribution in [0.3, 0.4) is 0 Å². The van der Waals surface area contributed by atoms with Crippen LogP contribution >= 0.6 is 11.8 Å². The highest BCUT2D eigenvalue weighted by atomic mass is 32.2. The number of likely N-dealkylation sites (N-methyl/N-ethyl adjacent to an activating group) is 1. The molecule has 1 saturated heterocycles. The SMILES string of the molecule is C=C(C)CN(CC)C(=O)CSc1nnc(-c2ccc(F)cc2)n1CC1CCCO1. The third-order valence-electron chi connectivity index (χ3n) is 4.75. The maximum absolute atomic E-state index is 13.3. The van der Waals surface area contributed by atoms with Crippen molar-refractivity contribution in [3.8, 4) is 11.4 Å². The molecule has 1 aromatic heterocycles. The second-order valence-electron chi connectivity index (χ2n) is 7.21. The predicted octanol–water partition coefficient (Wildman–Crippen LogP) is 3.78. The number of nitrogens with zero attached hydrogens (tertiary/aromatic N) is 4. The van der Waals surface area contributed by atoms with Crippen molar-refractivity contribution in [3.63, 3.8) is 0 Å². The highest BCUT2D eigenvalue weighted by molar-refractivity contribution is 7.99. The number of carbonyl (C=O) groups is 1. The lowest BCUT2D eigenvalue weighted by Gasteiger charge is -2.21. The first-order valence-corrected chi connectivity index (χ1v) is 10.8. The fourth-order valence-electron chi connectivity index (χ4n) is 3.28. The first-order chi connectivity index (χ1) is 14.0. The zero-order valence-corrected chi connectivity index (χ0v) is 17.8. The second kappa shape index (κ2) is 10.0. The number of thioether (sulfide) groups is 1. The topological polar surface area (TPSA) is 60.2 Å². The molecule has 1 unspecified atom stereocenters. The van der Waals surface area contributed by atoms with Gasteiger partial charge in [0, 0.05) is 25.3 Å². The molecule has 156 valence electrons. The zero-order valence-electron chi connectivity index (χ0n) is 16.9. The van der Waals surface area contributed by atoms with Crippen LogP contribution in [0.1, 0.15) is 26.7 Å². The molecule has 1 amide bonds. The zero-order chi connectivity index (χ0) is 20.8. The van der Waals surface area contributed by atoms with Crippen LogP contribution in [0.4, 0.5) is 4.39 Å². The molecular weight excluding hydrogens is 391 g/mol. The maximum Gasteiger partial charge on any atom is 0.233 e. The molecule has 1 aliphatic heterocycles. The van der Waals surface area contributed by atoms with E-state index in [4.69, 9.17) is 4.74 Å². The van der Waals surface area contributed by atoms with Gasteiger partial charge in [-0.1, -0.05) is 23.9 Å². The van der Waals surface area contributed by atoms with Crippen molar-refractivity contribution in [3.05, 3.63) is 42.2 Å². The average Bonchev–Trinajstić information content (AvgIpc) is 3.35. The molecule has 0 saturated carbocycles. The number of hydrogen-bond donors (Lipinski definition) is 0. The summed E-state index contributed by atoms with van der Waals surface area (Å²) in [6, 6.07) is 6.20. The summed E-state index contributed by atoms with van der Waals surface area (Å²) in [4.78, 5) is 14.4. The van der Waals surface area contributed by atoms with E-state index in [1.54, 1.807) is 17.0 Å². The quantitative estimate of drug-likeness (QED) is 0.458. The highest BCUT2D eigenvalue weighted by Crippen LogP contribution is 2.27. The van der Waals surface area contributed by atoms with E-state index in [0.29, 0.717) is 30.6 Å². The van der Waals surface area contributed by atoms with Gasteiger partial charge in [0.05, 0.1) is 18.4 Å². The lowest BCUT2D eigenvalue weighted by Crippen LogP contribution is -2.33. The molecule has 1 atom stereocenters. The Balaban J connectivity index is 1.79. The summed E-state index contributed by atoms with van der Waals surface area (Å²) in [7, 11) is 0. The smallest absolute Gasteiger partial charge is 0.233 e. The van der Waals surface area contributed by atoms with Crippen molar-refractivity contribution < 1.29 is 13.9 Å². The summed E-state index contributed by atoms with van der Waals surface area (Å²) >= 11 is 1.37. The summed E-state index contributed by atoms with van der Waals surface area (Å²) in [5.74, 6) is 0.672. The molecular formula is C21H27FN4O2S. The van der Waals surface area contributed by atoms with Crippen molar-refractivity contribution >= 4 is 17.7 Å². The van der Waals surface area contributed by atoms with Crippen molar-refractivity contribution in [1.82, 2.24) is 19.7 Å². The van der Waals surface area contributed by atoms with Crippen molar-refractivity contribution in [1.29, 1.82) is 0 Å². The minimum Gasteiger partial charge on any atom is -0.376 e. The Kier molecular flexibility index (Phi) is 7.44. The number of aromatic nitrogens is 3. The van der Waals surface area contributed by atoms with Gasteiger partial charge in [-0.3, -0.25) is 9.36 Å². The van der Waals surface area contributed by atoms with Crippen LogP contribution in [0.5, 0.6) is 0 Å². The van der Waals surface area contributed by atoms with E-state index in [9.17, 15) is 9.18 Å². The summed E-state index contributed by atoms with van der Waals surface area (Å²) in [5, 5.41) is 9.30. The predicted molar refractivity (Wildman–Crippen MR) is 112 cm³/mol. The molecule has 2 aromatic rings. The number of rotatable bonds is 9. The first-order valence-electron chi connectivity index (χ1n) is 9.83. The van der Waals surface area contributed by atoms with E-state index < -0.39 is 0 Å². The summed E-state index contributed by atoms with van der Waals surface area (Å²) in [6.45, 7) is 10.3. The molecule has 1 aromatic carbocycles. The minimum absolute atomic E-state index is 0.0375. The first kappa shape index (κ1) is 21.5. The van der Waals surface area contributed by atoms with E-state index >= 15 is 0 Å².